The van der Waals surface area contributed by atoms with Gasteiger partial charge < -0.3 is 4.90 Å². The van der Waals surface area contributed by atoms with Gasteiger partial charge in [-0.05, 0) is 32.4 Å². The smallest absolute Gasteiger partial charge is 0.285 e. The highest BCUT2D eigenvalue weighted by molar-refractivity contribution is 7.90. The van der Waals surface area contributed by atoms with Crippen molar-refractivity contribution in [3.8, 4) is 0 Å². The molecular weight excluding hydrogens is 332 g/mol. The number of sulfonamides is 1. The molecule has 0 unspecified atom stereocenters. The van der Waals surface area contributed by atoms with Gasteiger partial charge in [-0.25, -0.2) is 0 Å². The first-order valence-corrected chi connectivity index (χ1v) is 10.1. The first-order valence-electron chi connectivity index (χ1n) is 8.29. The van der Waals surface area contributed by atoms with Crippen molar-refractivity contribution in [2.75, 3.05) is 13.1 Å². The molecule has 1 rings (SSSR count). The first kappa shape index (κ1) is 20.0. The number of hydrogen-bond acceptors (Lipinski definition) is 2. The molecule has 0 spiro atoms. The van der Waals surface area contributed by atoms with Crippen molar-refractivity contribution in [2.45, 2.75) is 57.8 Å². The van der Waals surface area contributed by atoms with Gasteiger partial charge in [-0.1, -0.05) is 49.9 Å². The highest BCUT2D eigenvalue weighted by atomic mass is 35.5. The molecule has 0 atom stereocenters. The molecule has 0 saturated heterocycles. The van der Waals surface area contributed by atoms with Crippen molar-refractivity contribution in [1.29, 1.82) is 0 Å². The molecule has 1 aromatic carbocycles. The summed E-state index contributed by atoms with van der Waals surface area (Å²) in [7, 11) is -3.78. The van der Waals surface area contributed by atoms with Crippen LogP contribution in [0.2, 0.25) is 5.02 Å². The summed E-state index contributed by atoms with van der Waals surface area (Å²) < 4.78 is 29.3. The summed E-state index contributed by atoms with van der Waals surface area (Å²) in [6, 6.07) is 6.44. The third-order valence-corrected chi connectivity index (χ3v) is 5.53. The van der Waals surface area contributed by atoms with Gasteiger partial charge in [-0.3, -0.25) is 0 Å². The predicted molar refractivity (Wildman–Crippen MR) is 97.8 cm³/mol. The number of amidine groups is 1. The van der Waals surface area contributed by atoms with Crippen LogP contribution < -0.4 is 0 Å². The Morgan fingerprint density at radius 3 is 2.30 bits per heavy atom. The van der Waals surface area contributed by atoms with E-state index in [1.807, 2.05) is 18.7 Å². The Bertz CT molecular complexity index is 611. The number of nitrogens with zero attached hydrogens (tertiary/aromatic N) is 2. The Balaban J connectivity index is 3.08. The van der Waals surface area contributed by atoms with E-state index in [4.69, 9.17) is 11.6 Å². The number of benzene rings is 1. The first-order chi connectivity index (χ1) is 11.0. The number of halogens is 1. The van der Waals surface area contributed by atoms with E-state index >= 15 is 0 Å². The molecule has 0 fully saturated rings. The van der Waals surface area contributed by atoms with E-state index in [2.05, 4.69) is 11.3 Å². The molecule has 6 heteroatoms. The minimum Gasteiger partial charge on any atom is -0.360 e. The fourth-order valence-corrected chi connectivity index (χ4v) is 3.98. The van der Waals surface area contributed by atoms with Crippen LogP contribution in [0.5, 0.6) is 0 Å². The van der Waals surface area contributed by atoms with Gasteiger partial charge in [0, 0.05) is 19.5 Å². The Kier molecular flexibility index (Phi) is 8.63. The highest BCUT2D eigenvalue weighted by Crippen LogP contribution is 2.23. The molecule has 4 nitrogen and oxygen atoms in total. The van der Waals surface area contributed by atoms with Crippen LogP contribution in [0.4, 0.5) is 0 Å². The molecule has 0 aliphatic heterocycles. The van der Waals surface area contributed by atoms with E-state index < -0.39 is 10.0 Å². The molecule has 0 saturated carbocycles. The van der Waals surface area contributed by atoms with Crippen molar-refractivity contribution < 1.29 is 8.42 Å². The van der Waals surface area contributed by atoms with Crippen LogP contribution in [0.1, 0.15) is 52.9 Å². The zero-order valence-electron chi connectivity index (χ0n) is 14.3. The van der Waals surface area contributed by atoms with Crippen LogP contribution in [-0.4, -0.2) is 32.2 Å². The van der Waals surface area contributed by atoms with Crippen molar-refractivity contribution in [2.24, 2.45) is 4.40 Å². The standard InChI is InChI=1S/C17H27ClN2O2S/c1-4-7-8-9-14-17(20(5-2)6-3)19-23(21,22)16-13-11-10-12-15(16)18/h10-13H,4-9,14H2,1-3H3/b19-17+. The predicted octanol–water partition coefficient (Wildman–Crippen LogP) is 4.74. The largest absolute Gasteiger partial charge is 0.360 e. The summed E-state index contributed by atoms with van der Waals surface area (Å²) in [6.45, 7) is 7.64. The number of hydrogen-bond donors (Lipinski definition) is 0. The molecule has 0 N–H and O–H groups in total. The van der Waals surface area contributed by atoms with Crippen molar-refractivity contribution >= 4 is 27.5 Å². The maximum absolute atomic E-state index is 12.6. The average Bonchev–Trinajstić information content (AvgIpc) is 2.52. The second-order valence-electron chi connectivity index (χ2n) is 5.40. The zero-order valence-corrected chi connectivity index (χ0v) is 15.8. The second kappa shape index (κ2) is 9.93. The molecule has 0 aliphatic carbocycles. The zero-order chi connectivity index (χ0) is 17.3. The van der Waals surface area contributed by atoms with Gasteiger partial charge in [0.25, 0.3) is 10.0 Å². The van der Waals surface area contributed by atoms with Crippen LogP contribution >= 0.6 is 11.6 Å². The SMILES string of the molecule is CCCCCC/C(=N\S(=O)(=O)c1ccccc1Cl)N(CC)CC. The van der Waals surface area contributed by atoms with Crippen molar-refractivity contribution in [3.05, 3.63) is 29.3 Å². The van der Waals surface area contributed by atoms with Gasteiger partial charge in [-0.15, -0.1) is 4.40 Å². The van der Waals surface area contributed by atoms with Gasteiger partial charge >= 0.3 is 0 Å². The maximum atomic E-state index is 12.6. The van der Waals surface area contributed by atoms with E-state index in [1.54, 1.807) is 18.2 Å². The summed E-state index contributed by atoms with van der Waals surface area (Å²) in [5.41, 5.74) is 0. The molecule has 130 valence electrons. The summed E-state index contributed by atoms with van der Waals surface area (Å²) >= 11 is 6.02. The normalized spacial score (nSPS) is 12.4. The lowest BCUT2D eigenvalue weighted by Crippen LogP contribution is -2.31. The van der Waals surface area contributed by atoms with E-state index in [1.165, 1.54) is 6.07 Å². The molecule has 0 aromatic heterocycles. The fourth-order valence-electron chi connectivity index (χ4n) is 2.40. The highest BCUT2D eigenvalue weighted by Gasteiger charge is 2.19. The summed E-state index contributed by atoms with van der Waals surface area (Å²) in [4.78, 5) is 2.07. The van der Waals surface area contributed by atoms with Crippen LogP contribution in [0.15, 0.2) is 33.6 Å². The molecule has 0 bridgehead atoms. The third-order valence-electron chi connectivity index (χ3n) is 3.72. The van der Waals surface area contributed by atoms with Gasteiger partial charge in [-0.2, -0.15) is 8.42 Å². The lowest BCUT2D eigenvalue weighted by molar-refractivity contribution is 0.451. The minimum absolute atomic E-state index is 0.0693. The molecule has 0 aliphatic rings. The summed E-state index contributed by atoms with van der Waals surface area (Å²) in [5, 5.41) is 0.209. The molecule has 0 radical (unpaired) electrons. The average molecular weight is 359 g/mol. The topological polar surface area (TPSA) is 49.7 Å². The Morgan fingerprint density at radius 2 is 1.74 bits per heavy atom. The Hall–Kier alpha value is -1.07. The Morgan fingerprint density at radius 1 is 1.09 bits per heavy atom. The summed E-state index contributed by atoms with van der Waals surface area (Å²) in [5.74, 6) is 0.631. The molecular formula is C17H27ClN2O2S. The molecule has 0 heterocycles. The third kappa shape index (κ3) is 6.15. The van der Waals surface area contributed by atoms with E-state index in [9.17, 15) is 8.42 Å². The van der Waals surface area contributed by atoms with Gasteiger partial charge in [0.1, 0.15) is 10.7 Å². The van der Waals surface area contributed by atoms with Gasteiger partial charge in [0.15, 0.2) is 0 Å². The van der Waals surface area contributed by atoms with Crippen LogP contribution in [-0.2, 0) is 10.0 Å². The van der Waals surface area contributed by atoms with Gasteiger partial charge in [0.05, 0.1) is 5.02 Å². The van der Waals surface area contributed by atoms with Crippen molar-refractivity contribution in [3.63, 3.8) is 0 Å². The summed E-state index contributed by atoms with van der Waals surface area (Å²) in [6.07, 6.45) is 5.01. The number of unbranched alkanes of at least 4 members (excludes halogenated alkanes) is 3. The van der Waals surface area contributed by atoms with Crippen molar-refractivity contribution in [1.82, 2.24) is 4.90 Å². The second-order valence-corrected chi connectivity index (χ2v) is 7.38. The molecule has 23 heavy (non-hydrogen) atoms. The quantitative estimate of drug-likeness (QED) is 0.364. The Labute approximate surface area is 145 Å². The van der Waals surface area contributed by atoms with E-state index in [-0.39, 0.29) is 9.92 Å². The van der Waals surface area contributed by atoms with Gasteiger partial charge in [0.2, 0.25) is 0 Å². The maximum Gasteiger partial charge on any atom is 0.285 e. The van der Waals surface area contributed by atoms with E-state index in [0.29, 0.717) is 12.3 Å². The number of rotatable bonds is 9. The van der Waals surface area contributed by atoms with Crippen LogP contribution in [0, 0.1) is 0 Å². The van der Waals surface area contributed by atoms with Crippen LogP contribution in [0.25, 0.3) is 0 Å². The molecule has 0 amide bonds. The monoisotopic (exact) mass is 358 g/mol. The van der Waals surface area contributed by atoms with E-state index in [0.717, 1.165) is 38.8 Å². The lowest BCUT2D eigenvalue weighted by Gasteiger charge is -2.23. The molecule has 1 aromatic rings. The van der Waals surface area contributed by atoms with Crippen LogP contribution in [0.3, 0.4) is 0 Å². The fraction of sp³-hybridized carbons (Fsp3) is 0.588. The lowest BCUT2D eigenvalue weighted by atomic mass is 10.1. The minimum atomic E-state index is -3.78.